The van der Waals surface area contributed by atoms with Gasteiger partial charge in [-0.2, -0.15) is 0 Å². The first kappa shape index (κ1) is 17.5. The molecule has 1 aliphatic rings. The highest BCUT2D eigenvalue weighted by Crippen LogP contribution is 2.42. The van der Waals surface area contributed by atoms with Gasteiger partial charge in [0, 0.05) is 11.3 Å². The number of nitrogens with two attached hydrogens (primary N) is 1. The molecular formula is C19H29N3O. The van der Waals surface area contributed by atoms with Gasteiger partial charge in [-0.1, -0.05) is 19.4 Å². The zero-order valence-electron chi connectivity index (χ0n) is 15.2. The van der Waals surface area contributed by atoms with Crippen molar-refractivity contribution in [2.45, 2.75) is 66.0 Å². The molecule has 0 bridgehead atoms. The van der Waals surface area contributed by atoms with Gasteiger partial charge in [-0.25, -0.2) is 5.84 Å². The molecule has 0 radical (unpaired) electrons. The number of hydrazine groups is 1. The summed E-state index contributed by atoms with van der Waals surface area (Å²) < 4.78 is 0. The molecule has 1 aromatic carbocycles. The first-order valence-electron chi connectivity index (χ1n) is 8.33. The van der Waals surface area contributed by atoms with Gasteiger partial charge in [-0.3, -0.25) is 10.2 Å². The Morgan fingerprint density at radius 2 is 1.87 bits per heavy atom. The molecule has 4 nitrogen and oxygen atoms in total. The highest BCUT2D eigenvalue weighted by Gasteiger charge is 2.38. The molecule has 23 heavy (non-hydrogen) atoms. The van der Waals surface area contributed by atoms with Crippen molar-refractivity contribution >= 4 is 17.2 Å². The molecule has 0 fully saturated rings. The van der Waals surface area contributed by atoms with E-state index in [4.69, 9.17) is 5.84 Å². The molecule has 1 heterocycles. The number of nitrogens with one attached hydrogen (secondary N) is 1. The van der Waals surface area contributed by atoms with Crippen molar-refractivity contribution in [1.82, 2.24) is 5.43 Å². The number of fused-ring (bicyclic) bond motifs is 1. The zero-order chi connectivity index (χ0) is 17.4. The summed E-state index contributed by atoms with van der Waals surface area (Å²) in [6, 6.07) is 4.16. The van der Waals surface area contributed by atoms with Crippen LogP contribution in [0.15, 0.2) is 18.2 Å². The highest BCUT2D eigenvalue weighted by atomic mass is 16.2. The third-order valence-electron chi connectivity index (χ3n) is 4.81. The second kappa shape index (κ2) is 6.36. The Morgan fingerprint density at radius 1 is 1.26 bits per heavy atom. The van der Waals surface area contributed by atoms with Gasteiger partial charge in [0.15, 0.2) is 0 Å². The molecule has 1 amide bonds. The zero-order valence-corrected chi connectivity index (χ0v) is 15.2. The molecule has 0 saturated heterocycles. The van der Waals surface area contributed by atoms with Crippen LogP contribution in [0, 0.1) is 13.8 Å². The standard InChI is InChI=1S/C19H29N3O/c1-7-8-16(18(23)21-20)22-17-10-13(3)12(2)9-15(17)14(4)11-19(22,5)6/h9-11,16H,7-8,20H2,1-6H3,(H,21,23). The van der Waals surface area contributed by atoms with E-state index >= 15 is 0 Å². The second-order valence-corrected chi connectivity index (χ2v) is 7.12. The number of hydrogen-bond acceptors (Lipinski definition) is 3. The van der Waals surface area contributed by atoms with E-state index in [1.54, 1.807) is 0 Å². The van der Waals surface area contributed by atoms with E-state index in [1.807, 2.05) is 0 Å². The number of amides is 1. The lowest BCUT2D eigenvalue weighted by atomic mass is 9.85. The van der Waals surface area contributed by atoms with Crippen LogP contribution < -0.4 is 16.2 Å². The van der Waals surface area contributed by atoms with Gasteiger partial charge in [-0.05, 0) is 69.9 Å². The number of rotatable bonds is 4. The average Bonchev–Trinajstić information content (AvgIpc) is 2.47. The van der Waals surface area contributed by atoms with E-state index in [1.165, 1.54) is 22.3 Å². The molecule has 1 aromatic rings. The van der Waals surface area contributed by atoms with Crippen LogP contribution in [0.25, 0.3) is 5.57 Å². The molecule has 126 valence electrons. The van der Waals surface area contributed by atoms with Crippen molar-refractivity contribution in [1.29, 1.82) is 0 Å². The monoisotopic (exact) mass is 315 g/mol. The molecule has 0 aromatic heterocycles. The van der Waals surface area contributed by atoms with E-state index < -0.39 is 0 Å². The number of carbonyl (C=O) groups excluding carboxylic acids is 1. The molecule has 0 spiro atoms. The van der Waals surface area contributed by atoms with Crippen molar-refractivity contribution in [2.24, 2.45) is 5.84 Å². The molecular weight excluding hydrogens is 286 g/mol. The number of aryl methyl sites for hydroxylation is 2. The fraction of sp³-hybridized carbons (Fsp3) is 0.526. The molecule has 4 heteroatoms. The summed E-state index contributed by atoms with van der Waals surface area (Å²) in [5.74, 6) is 5.33. The molecule has 1 unspecified atom stereocenters. The predicted molar refractivity (Wildman–Crippen MR) is 97.2 cm³/mol. The van der Waals surface area contributed by atoms with E-state index in [-0.39, 0.29) is 17.5 Å². The summed E-state index contributed by atoms with van der Waals surface area (Å²) in [4.78, 5) is 14.7. The lowest BCUT2D eigenvalue weighted by molar-refractivity contribution is -0.122. The molecule has 1 aliphatic heterocycles. The minimum absolute atomic E-state index is 0.128. The van der Waals surface area contributed by atoms with Crippen LogP contribution >= 0.6 is 0 Å². The first-order valence-corrected chi connectivity index (χ1v) is 8.33. The minimum Gasteiger partial charge on any atom is -0.350 e. The van der Waals surface area contributed by atoms with Crippen molar-refractivity contribution in [3.63, 3.8) is 0 Å². The van der Waals surface area contributed by atoms with Crippen LogP contribution in [-0.2, 0) is 4.79 Å². The lowest BCUT2D eigenvalue weighted by Gasteiger charge is -2.47. The van der Waals surface area contributed by atoms with Crippen LogP contribution in [-0.4, -0.2) is 17.5 Å². The number of nitrogens with zero attached hydrogens (tertiary/aromatic N) is 1. The highest BCUT2D eigenvalue weighted by molar-refractivity contribution is 5.90. The van der Waals surface area contributed by atoms with Gasteiger partial charge in [-0.15, -0.1) is 0 Å². The minimum atomic E-state index is -0.273. The number of hydrogen-bond donors (Lipinski definition) is 2. The smallest absolute Gasteiger partial charge is 0.256 e. The second-order valence-electron chi connectivity index (χ2n) is 7.12. The number of benzene rings is 1. The summed E-state index contributed by atoms with van der Waals surface area (Å²) in [5.41, 5.74) is 8.20. The quantitative estimate of drug-likeness (QED) is 0.508. The van der Waals surface area contributed by atoms with Gasteiger partial charge >= 0.3 is 0 Å². The Balaban J connectivity index is 2.66. The summed E-state index contributed by atoms with van der Waals surface area (Å²) in [7, 11) is 0. The fourth-order valence-corrected chi connectivity index (χ4v) is 3.62. The normalized spacial score (nSPS) is 17.3. The van der Waals surface area contributed by atoms with Gasteiger partial charge < -0.3 is 4.90 Å². The summed E-state index contributed by atoms with van der Waals surface area (Å²) in [5, 5.41) is 0. The molecule has 1 atom stereocenters. The molecule has 2 rings (SSSR count). The maximum absolute atomic E-state index is 12.4. The van der Waals surface area contributed by atoms with E-state index in [9.17, 15) is 4.79 Å². The third kappa shape index (κ3) is 3.13. The first-order chi connectivity index (χ1) is 10.7. The third-order valence-corrected chi connectivity index (χ3v) is 4.81. The Labute approximate surface area is 139 Å². The largest absolute Gasteiger partial charge is 0.350 e. The van der Waals surface area contributed by atoms with Crippen molar-refractivity contribution < 1.29 is 4.79 Å². The maximum Gasteiger partial charge on any atom is 0.256 e. The maximum atomic E-state index is 12.4. The van der Waals surface area contributed by atoms with Crippen LogP contribution in [0.4, 0.5) is 5.69 Å². The van der Waals surface area contributed by atoms with Gasteiger partial charge in [0.05, 0.1) is 5.54 Å². The summed E-state index contributed by atoms with van der Waals surface area (Å²) >= 11 is 0. The van der Waals surface area contributed by atoms with Crippen LogP contribution in [0.2, 0.25) is 0 Å². The molecule has 0 aliphatic carbocycles. The van der Waals surface area contributed by atoms with Crippen molar-refractivity contribution in [2.75, 3.05) is 4.90 Å². The predicted octanol–water partition coefficient (Wildman–Crippen LogP) is 3.46. The van der Waals surface area contributed by atoms with Crippen LogP contribution in [0.5, 0.6) is 0 Å². The summed E-state index contributed by atoms with van der Waals surface area (Å²) in [6.07, 6.45) is 3.94. The average molecular weight is 315 g/mol. The molecule has 3 N–H and O–H groups in total. The number of allylic oxidation sites excluding steroid dienone is 1. The van der Waals surface area contributed by atoms with Gasteiger partial charge in [0.2, 0.25) is 0 Å². The van der Waals surface area contributed by atoms with E-state index in [0.717, 1.165) is 18.5 Å². The van der Waals surface area contributed by atoms with Crippen molar-refractivity contribution in [3.8, 4) is 0 Å². The van der Waals surface area contributed by atoms with Crippen LogP contribution in [0.1, 0.15) is 57.2 Å². The number of anilines is 1. The lowest BCUT2D eigenvalue weighted by Crippen LogP contribution is -2.57. The molecule has 0 saturated carbocycles. The Hall–Kier alpha value is -1.81. The SMILES string of the molecule is CCCC(C(=O)NN)N1c2cc(C)c(C)cc2C(C)=CC1(C)C. The van der Waals surface area contributed by atoms with E-state index in [2.05, 4.69) is 70.1 Å². The van der Waals surface area contributed by atoms with E-state index in [0.29, 0.717) is 0 Å². The summed E-state index contributed by atoms with van der Waals surface area (Å²) in [6.45, 7) is 12.8. The van der Waals surface area contributed by atoms with Gasteiger partial charge in [0.1, 0.15) is 6.04 Å². The Kier molecular flexibility index (Phi) is 4.85. The number of carbonyl (C=O) groups is 1. The fourth-order valence-electron chi connectivity index (χ4n) is 3.62. The van der Waals surface area contributed by atoms with Crippen LogP contribution in [0.3, 0.4) is 0 Å². The van der Waals surface area contributed by atoms with Crippen molar-refractivity contribution in [3.05, 3.63) is 34.9 Å². The Bertz CT molecular complexity index is 646. The Morgan fingerprint density at radius 3 is 2.43 bits per heavy atom. The topological polar surface area (TPSA) is 58.4 Å². The van der Waals surface area contributed by atoms with Gasteiger partial charge in [0.25, 0.3) is 5.91 Å².